The molecular formula is C17H17ClN6. The Hall–Kier alpha value is -2.73. The summed E-state index contributed by atoms with van der Waals surface area (Å²) in [4.78, 5) is 8.55. The zero-order chi connectivity index (χ0) is 17.1. The molecule has 1 N–H and O–H groups in total. The third-order valence-electron chi connectivity index (χ3n) is 3.39. The first kappa shape index (κ1) is 16.1. The van der Waals surface area contributed by atoms with Gasteiger partial charge in [0.1, 0.15) is 5.15 Å². The maximum Gasteiger partial charge on any atom is 0.243 e. The topological polar surface area (TPSA) is 68.0 Å². The molecule has 0 saturated heterocycles. The van der Waals surface area contributed by atoms with Gasteiger partial charge in [0.05, 0.1) is 23.2 Å². The van der Waals surface area contributed by atoms with Gasteiger partial charge in [-0.25, -0.2) is 20.1 Å². The van der Waals surface area contributed by atoms with Gasteiger partial charge in [-0.3, -0.25) is 0 Å². The molecule has 122 valence electrons. The van der Waals surface area contributed by atoms with Gasteiger partial charge >= 0.3 is 0 Å². The summed E-state index contributed by atoms with van der Waals surface area (Å²) >= 11 is 6.45. The van der Waals surface area contributed by atoms with E-state index in [9.17, 15) is 0 Å². The Bertz CT molecular complexity index is 865. The van der Waals surface area contributed by atoms with E-state index < -0.39 is 0 Å². The van der Waals surface area contributed by atoms with Gasteiger partial charge in [0.15, 0.2) is 0 Å². The van der Waals surface area contributed by atoms with Crippen molar-refractivity contribution in [1.29, 1.82) is 0 Å². The SMILES string of the molecule is Cc1cc(C)nc(N/N=C\c2c(C)nn(-c3ccccc3)c2Cl)n1. The molecule has 0 aliphatic carbocycles. The Balaban J connectivity index is 1.84. The fourth-order valence-corrected chi connectivity index (χ4v) is 2.65. The number of hydrazone groups is 1. The van der Waals surface area contributed by atoms with Crippen molar-refractivity contribution in [2.75, 3.05) is 5.43 Å². The number of aryl methyl sites for hydroxylation is 3. The van der Waals surface area contributed by atoms with Crippen molar-refractivity contribution in [3.8, 4) is 5.69 Å². The van der Waals surface area contributed by atoms with Gasteiger partial charge in [-0.1, -0.05) is 29.8 Å². The van der Waals surface area contributed by atoms with Crippen LogP contribution in [0.4, 0.5) is 5.95 Å². The van der Waals surface area contributed by atoms with Crippen molar-refractivity contribution in [2.24, 2.45) is 5.10 Å². The van der Waals surface area contributed by atoms with E-state index in [0.29, 0.717) is 11.1 Å². The molecule has 24 heavy (non-hydrogen) atoms. The molecule has 2 aromatic heterocycles. The molecule has 0 radical (unpaired) electrons. The molecule has 3 rings (SSSR count). The molecule has 0 atom stereocenters. The maximum absolute atomic E-state index is 6.45. The predicted octanol–water partition coefficient (Wildman–Crippen LogP) is 3.69. The van der Waals surface area contributed by atoms with Crippen LogP contribution in [0.3, 0.4) is 0 Å². The highest BCUT2D eigenvalue weighted by Gasteiger charge is 2.12. The van der Waals surface area contributed by atoms with Crippen LogP contribution in [-0.4, -0.2) is 26.0 Å². The van der Waals surface area contributed by atoms with Crippen LogP contribution in [0.1, 0.15) is 22.6 Å². The van der Waals surface area contributed by atoms with Crippen LogP contribution in [0.15, 0.2) is 41.5 Å². The lowest BCUT2D eigenvalue weighted by atomic mass is 10.3. The number of hydrogen-bond donors (Lipinski definition) is 1. The molecule has 0 saturated carbocycles. The summed E-state index contributed by atoms with van der Waals surface area (Å²) in [6, 6.07) is 11.6. The number of anilines is 1. The van der Waals surface area contributed by atoms with E-state index in [1.165, 1.54) is 0 Å². The first-order valence-corrected chi connectivity index (χ1v) is 7.84. The third-order valence-corrected chi connectivity index (χ3v) is 3.75. The van der Waals surface area contributed by atoms with Crippen LogP contribution in [0.5, 0.6) is 0 Å². The van der Waals surface area contributed by atoms with E-state index >= 15 is 0 Å². The van der Waals surface area contributed by atoms with Crippen molar-refractivity contribution in [3.63, 3.8) is 0 Å². The average Bonchev–Trinajstić information content (AvgIpc) is 2.83. The molecule has 6 nitrogen and oxygen atoms in total. The smallest absolute Gasteiger partial charge is 0.243 e. The molecule has 7 heteroatoms. The van der Waals surface area contributed by atoms with Crippen LogP contribution in [0.25, 0.3) is 5.69 Å². The lowest BCUT2D eigenvalue weighted by molar-refractivity contribution is 0.863. The lowest BCUT2D eigenvalue weighted by Gasteiger charge is -2.02. The number of aromatic nitrogens is 4. The van der Waals surface area contributed by atoms with Gasteiger partial charge in [0.2, 0.25) is 5.95 Å². The van der Waals surface area contributed by atoms with Gasteiger partial charge in [-0.2, -0.15) is 10.2 Å². The molecule has 0 amide bonds. The Morgan fingerprint density at radius 2 is 1.75 bits per heavy atom. The number of nitrogens with one attached hydrogen (secondary N) is 1. The lowest BCUT2D eigenvalue weighted by Crippen LogP contribution is -2.00. The molecular weight excluding hydrogens is 324 g/mol. The summed E-state index contributed by atoms with van der Waals surface area (Å²) in [6.07, 6.45) is 1.63. The van der Waals surface area contributed by atoms with Gasteiger partial charge in [0.25, 0.3) is 0 Å². The molecule has 0 aliphatic rings. The minimum atomic E-state index is 0.452. The highest BCUT2D eigenvalue weighted by molar-refractivity contribution is 6.32. The summed E-state index contributed by atoms with van der Waals surface area (Å²) in [5, 5.41) is 9.16. The summed E-state index contributed by atoms with van der Waals surface area (Å²) in [7, 11) is 0. The van der Waals surface area contributed by atoms with Crippen LogP contribution in [0.2, 0.25) is 5.15 Å². The molecule has 0 aliphatic heterocycles. The van der Waals surface area contributed by atoms with E-state index in [1.54, 1.807) is 10.9 Å². The molecule has 0 spiro atoms. The van der Waals surface area contributed by atoms with Crippen molar-refractivity contribution in [3.05, 3.63) is 64.2 Å². The summed E-state index contributed by atoms with van der Waals surface area (Å²) in [6.45, 7) is 5.71. The normalized spacial score (nSPS) is 11.2. The van der Waals surface area contributed by atoms with Crippen molar-refractivity contribution in [2.45, 2.75) is 20.8 Å². The van der Waals surface area contributed by atoms with E-state index in [1.807, 2.05) is 57.2 Å². The van der Waals surface area contributed by atoms with Gasteiger partial charge in [-0.15, -0.1) is 0 Å². The molecule has 3 aromatic rings. The minimum absolute atomic E-state index is 0.452. The Morgan fingerprint density at radius 1 is 1.08 bits per heavy atom. The predicted molar refractivity (Wildman–Crippen MR) is 96.0 cm³/mol. The van der Waals surface area contributed by atoms with E-state index in [2.05, 4.69) is 25.6 Å². The average molecular weight is 341 g/mol. The number of nitrogens with zero attached hydrogens (tertiary/aromatic N) is 5. The summed E-state index contributed by atoms with van der Waals surface area (Å²) in [5.41, 5.74) is 7.03. The third kappa shape index (κ3) is 3.44. The number of rotatable bonds is 4. The second-order valence-corrected chi connectivity index (χ2v) is 5.74. The zero-order valence-electron chi connectivity index (χ0n) is 13.7. The Morgan fingerprint density at radius 3 is 2.42 bits per heavy atom. The van der Waals surface area contributed by atoms with Crippen molar-refractivity contribution >= 4 is 23.8 Å². The summed E-state index contributed by atoms with van der Waals surface area (Å²) < 4.78 is 1.69. The van der Waals surface area contributed by atoms with Crippen LogP contribution < -0.4 is 5.43 Å². The minimum Gasteiger partial charge on any atom is -0.245 e. The highest BCUT2D eigenvalue weighted by atomic mass is 35.5. The van der Waals surface area contributed by atoms with Gasteiger partial charge in [-0.05, 0) is 39.0 Å². The summed E-state index contributed by atoms with van der Waals surface area (Å²) in [5.74, 6) is 0.452. The van der Waals surface area contributed by atoms with Crippen molar-refractivity contribution < 1.29 is 0 Å². The molecule has 0 bridgehead atoms. The van der Waals surface area contributed by atoms with Crippen LogP contribution in [0, 0.1) is 20.8 Å². The second-order valence-electron chi connectivity index (χ2n) is 5.38. The highest BCUT2D eigenvalue weighted by Crippen LogP contribution is 2.21. The second kappa shape index (κ2) is 6.80. The van der Waals surface area contributed by atoms with Gasteiger partial charge < -0.3 is 0 Å². The molecule has 0 fully saturated rings. The number of halogens is 1. The quantitative estimate of drug-likeness (QED) is 0.581. The number of benzene rings is 1. The van der Waals surface area contributed by atoms with Crippen molar-refractivity contribution in [1.82, 2.24) is 19.7 Å². The first-order chi connectivity index (χ1) is 11.5. The first-order valence-electron chi connectivity index (χ1n) is 7.46. The maximum atomic E-state index is 6.45. The largest absolute Gasteiger partial charge is 0.245 e. The number of para-hydroxylation sites is 1. The van der Waals surface area contributed by atoms with Gasteiger partial charge in [0, 0.05) is 11.4 Å². The Kier molecular flexibility index (Phi) is 4.57. The standard InChI is InChI=1S/C17H17ClN6/c1-11-9-12(2)21-17(20-11)22-19-10-15-13(3)23-24(16(15)18)14-7-5-4-6-8-14/h4-10H,1-3H3,(H,20,21,22)/b19-10-. The van der Waals surface area contributed by atoms with E-state index in [4.69, 9.17) is 11.6 Å². The van der Waals surface area contributed by atoms with Crippen LogP contribution >= 0.6 is 11.6 Å². The Labute approximate surface area is 145 Å². The fourth-order valence-electron chi connectivity index (χ4n) is 2.33. The zero-order valence-corrected chi connectivity index (χ0v) is 14.4. The molecule has 0 unspecified atom stereocenters. The number of hydrogen-bond acceptors (Lipinski definition) is 5. The fraction of sp³-hybridized carbons (Fsp3) is 0.176. The van der Waals surface area contributed by atoms with E-state index in [-0.39, 0.29) is 0 Å². The monoisotopic (exact) mass is 340 g/mol. The molecule has 1 aromatic carbocycles. The van der Waals surface area contributed by atoms with Crippen LogP contribution in [-0.2, 0) is 0 Å². The van der Waals surface area contributed by atoms with E-state index in [0.717, 1.165) is 28.3 Å². The molecule has 2 heterocycles.